The van der Waals surface area contributed by atoms with Crippen molar-refractivity contribution in [2.75, 3.05) is 27.2 Å². The highest BCUT2D eigenvalue weighted by atomic mass is 32.3. The molecule has 0 aromatic heterocycles. The average molecular weight is 283 g/mol. The zero-order valence-corrected chi connectivity index (χ0v) is 13.2. The van der Waals surface area contributed by atoms with Crippen LogP contribution in [0.25, 0.3) is 0 Å². The molecule has 0 fully saturated rings. The zero-order chi connectivity index (χ0) is 14.6. The van der Waals surface area contributed by atoms with Crippen molar-refractivity contribution in [2.24, 2.45) is 5.92 Å². The third-order valence-electron chi connectivity index (χ3n) is 2.50. The molecule has 0 bridgehead atoms. The third kappa shape index (κ3) is 18.2. The van der Waals surface area contributed by atoms with Crippen LogP contribution in [0.15, 0.2) is 0 Å². The van der Waals surface area contributed by atoms with Crippen LogP contribution in [0.1, 0.15) is 46.5 Å². The summed E-state index contributed by atoms with van der Waals surface area (Å²) in [4.78, 5) is 1.59. The molecule has 0 rings (SSSR count). The Bertz CT molecular complexity index is 265. The largest absolute Gasteiger partial charge is 0.726 e. The molecule has 112 valence electrons. The lowest BCUT2D eigenvalue weighted by Crippen LogP contribution is -3.06. The van der Waals surface area contributed by atoms with Gasteiger partial charge in [-0.2, -0.15) is 0 Å². The first-order valence-corrected chi connectivity index (χ1v) is 7.99. The van der Waals surface area contributed by atoms with E-state index in [-0.39, 0.29) is 6.61 Å². The first-order chi connectivity index (χ1) is 8.26. The van der Waals surface area contributed by atoms with Gasteiger partial charge in [0, 0.05) is 5.92 Å². The molecule has 0 radical (unpaired) electrons. The summed E-state index contributed by atoms with van der Waals surface area (Å²) in [6.45, 7) is 7.26. The molecule has 18 heavy (non-hydrogen) atoms. The van der Waals surface area contributed by atoms with Gasteiger partial charge in [-0.05, 0) is 19.8 Å². The molecule has 0 amide bonds. The second-order valence-electron chi connectivity index (χ2n) is 4.64. The van der Waals surface area contributed by atoms with Crippen molar-refractivity contribution in [2.45, 2.75) is 46.5 Å². The molecule has 1 atom stereocenters. The van der Waals surface area contributed by atoms with Gasteiger partial charge >= 0.3 is 0 Å². The first kappa shape index (κ1) is 20.2. The van der Waals surface area contributed by atoms with E-state index in [4.69, 9.17) is 0 Å². The number of quaternary nitrogens is 1. The molecule has 1 N–H and O–H groups in total. The lowest BCUT2D eigenvalue weighted by molar-refractivity contribution is -0.862. The van der Waals surface area contributed by atoms with Gasteiger partial charge in [-0.1, -0.05) is 26.7 Å². The summed E-state index contributed by atoms with van der Waals surface area (Å²) >= 11 is 0. The topological polar surface area (TPSA) is 70.9 Å². The molecule has 0 aromatic rings. The van der Waals surface area contributed by atoms with Crippen molar-refractivity contribution >= 4 is 10.4 Å². The smallest absolute Gasteiger partial charge is 0.217 e. The highest BCUT2D eigenvalue weighted by molar-refractivity contribution is 7.80. The van der Waals surface area contributed by atoms with E-state index in [2.05, 4.69) is 32.1 Å². The number of unbranched alkanes of at least 4 members (excludes halogenated alkanes) is 1. The SMILES string of the molecule is CCCCC(CC)C[NH+](C)C.CCOS(=O)(=O)[O-]. The summed E-state index contributed by atoms with van der Waals surface area (Å²) in [7, 11) is 0.0651. The van der Waals surface area contributed by atoms with Crippen molar-refractivity contribution in [1.29, 1.82) is 0 Å². The standard InChI is InChI=1S/C10H23N.C2H6O4S/c1-5-7-8-10(6-2)9-11(3)4;1-2-6-7(3,4)5/h10H,5-9H2,1-4H3;2H2,1H3,(H,3,4,5). The maximum atomic E-state index is 9.45. The predicted octanol–water partition coefficient (Wildman–Crippen LogP) is 0.830. The van der Waals surface area contributed by atoms with Gasteiger partial charge in [0.15, 0.2) is 0 Å². The molecule has 5 nitrogen and oxygen atoms in total. The molecule has 0 saturated carbocycles. The van der Waals surface area contributed by atoms with E-state index in [1.54, 1.807) is 4.90 Å². The van der Waals surface area contributed by atoms with E-state index >= 15 is 0 Å². The van der Waals surface area contributed by atoms with E-state index < -0.39 is 10.4 Å². The highest BCUT2D eigenvalue weighted by Gasteiger charge is 2.08. The van der Waals surface area contributed by atoms with E-state index in [0.29, 0.717) is 0 Å². The third-order valence-corrected chi connectivity index (χ3v) is 3.03. The lowest BCUT2D eigenvalue weighted by Gasteiger charge is -2.16. The lowest BCUT2D eigenvalue weighted by atomic mass is 9.99. The van der Waals surface area contributed by atoms with Gasteiger partial charge in [0.1, 0.15) is 0 Å². The summed E-state index contributed by atoms with van der Waals surface area (Å²) in [5, 5.41) is 0. The Morgan fingerprint density at radius 2 is 1.78 bits per heavy atom. The van der Waals surface area contributed by atoms with E-state index in [9.17, 15) is 13.0 Å². The van der Waals surface area contributed by atoms with Crippen LogP contribution in [-0.4, -0.2) is 40.2 Å². The van der Waals surface area contributed by atoms with Crippen molar-refractivity contribution in [1.82, 2.24) is 0 Å². The zero-order valence-electron chi connectivity index (χ0n) is 12.4. The van der Waals surface area contributed by atoms with Gasteiger partial charge in [-0.15, -0.1) is 0 Å². The van der Waals surface area contributed by atoms with E-state index in [1.807, 2.05) is 0 Å². The summed E-state index contributed by atoms with van der Waals surface area (Å²) in [5.41, 5.74) is 0. The molecule has 0 saturated heterocycles. The average Bonchev–Trinajstić information content (AvgIpc) is 2.23. The van der Waals surface area contributed by atoms with Crippen LogP contribution in [0.3, 0.4) is 0 Å². The minimum absolute atomic E-state index is 0.0914. The number of nitrogens with one attached hydrogen (secondary N) is 1. The summed E-state index contributed by atoms with van der Waals surface area (Å²) in [6.07, 6.45) is 5.54. The van der Waals surface area contributed by atoms with E-state index in [1.165, 1.54) is 39.2 Å². The van der Waals surface area contributed by atoms with Gasteiger partial charge in [-0.3, -0.25) is 4.18 Å². The van der Waals surface area contributed by atoms with Crippen LogP contribution in [0.2, 0.25) is 0 Å². The Hall–Kier alpha value is -0.170. The number of hydrogen-bond donors (Lipinski definition) is 1. The normalized spacial score (nSPS) is 13.1. The Labute approximate surface area is 112 Å². The molecular weight excluding hydrogens is 254 g/mol. The molecular formula is C12H29NO4S. The van der Waals surface area contributed by atoms with Crippen molar-refractivity contribution < 1.29 is 22.1 Å². The molecule has 1 unspecified atom stereocenters. The van der Waals surface area contributed by atoms with Gasteiger partial charge in [-0.25, -0.2) is 8.42 Å². The second-order valence-corrected chi connectivity index (χ2v) is 5.69. The number of rotatable bonds is 8. The predicted molar refractivity (Wildman–Crippen MR) is 72.3 cm³/mol. The minimum atomic E-state index is -4.42. The Morgan fingerprint density at radius 1 is 1.22 bits per heavy atom. The molecule has 6 heteroatoms. The fourth-order valence-electron chi connectivity index (χ4n) is 1.67. The summed E-state index contributed by atoms with van der Waals surface area (Å²) in [5.74, 6) is 0.958. The number of hydrogen-bond acceptors (Lipinski definition) is 4. The maximum Gasteiger partial charge on any atom is 0.217 e. The quantitative estimate of drug-likeness (QED) is 0.529. The monoisotopic (exact) mass is 283 g/mol. The van der Waals surface area contributed by atoms with Crippen LogP contribution in [-0.2, 0) is 14.6 Å². The van der Waals surface area contributed by atoms with Crippen LogP contribution in [0, 0.1) is 5.92 Å². The fourth-order valence-corrected chi connectivity index (χ4v) is 1.95. The molecule has 0 aliphatic carbocycles. The van der Waals surface area contributed by atoms with Crippen molar-refractivity contribution in [3.05, 3.63) is 0 Å². The van der Waals surface area contributed by atoms with Crippen LogP contribution in [0.4, 0.5) is 0 Å². The minimum Gasteiger partial charge on any atom is -0.726 e. The van der Waals surface area contributed by atoms with Crippen molar-refractivity contribution in [3.63, 3.8) is 0 Å². The molecule has 0 aliphatic heterocycles. The molecule has 0 spiro atoms. The Balaban J connectivity index is 0. The van der Waals surface area contributed by atoms with Gasteiger partial charge in [0.2, 0.25) is 10.4 Å². The summed E-state index contributed by atoms with van der Waals surface area (Å²) in [6, 6.07) is 0. The van der Waals surface area contributed by atoms with Crippen LogP contribution < -0.4 is 4.90 Å². The maximum absolute atomic E-state index is 9.45. The van der Waals surface area contributed by atoms with Gasteiger partial charge < -0.3 is 9.45 Å². The summed E-state index contributed by atoms with van der Waals surface area (Å²) < 4.78 is 32.0. The molecule has 0 heterocycles. The van der Waals surface area contributed by atoms with E-state index in [0.717, 1.165) is 5.92 Å². The Kier molecular flexibility index (Phi) is 13.3. The van der Waals surface area contributed by atoms with Gasteiger partial charge in [0.05, 0.1) is 27.2 Å². The molecule has 0 aliphatic rings. The Morgan fingerprint density at radius 3 is 2.00 bits per heavy atom. The van der Waals surface area contributed by atoms with Crippen LogP contribution >= 0.6 is 0 Å². The molecule has 0 aromatic carbocycles. The highest BCUT2D eigenvalue weighted by Crippen LogP contribution is 2.09. The second kappa shape index (κ2) is 11.9. The fraction of sp³-hybridized carbons (Fsp3) is 1.00. The first-order valence-electron chi connectivity index (χ1n) is 6.65. The van der Waals surface area contributed by atoms with Crippen LogP contribution in [0.5, 0.6) is 0 Å². The van der Waals surface area contributed by atoms with Gasteiger partial charge in [0.25, 0.3) is 0 Å². The van der Waals surface area contributed by atoms with Crippen molar-refractivity contribution in [3.8, 4) is 0 Å².